The molecule has 0 bridgehead atoms. The van der Waals surface area contributed by atoms with Crippen LogP contribution in [0.5, 0.6) is 0 Å². The van der Waals surface area contributed by atoms with Crippen LogP contribution in [0.15, 0.2) is 35.8 Å². The molecule has 0 spiro atoms. The Balaban J connectivity index is 1.72. The van der Waals surface area contributed by atoms with Crippen LogP contribution < -0.4 is 15.6 Å². The highest BCUT2D eigenvalue weighted by Crippen LogP contribution is 2.52. The molecule has 4 heterocycles. The van der Waals surface area contributed by atoms with Gasteiger partial charge >= 0.3 is 0 Å². The van der Waals surface area contributed by atoms with Gasteiger partial charge in [0.2, 0.25) is 0 Å². The van der Waals surface area contributed by atoms with Crippen molar-refractivity contribution in [1.82, 2.24) is 19.9 Å². The number of aromatic nitrogens is 3. The van der Waals surface area contributed by atoms with Crippen LogP contribution >= 0.6 is 11.3 Å². The fourth-order valence-electron chi connectivity index (χ4n) is 5.02. The van der Waals surface area contributed by atoms with Crippen LogP contribution in [0, 0.1) is 11.3 Å². The molecule has 29 heavy (non-hydrogen) atoms. The molecule has 3 aromatic heterocycles. The van der Waals surface area contributed by atoms with Crippen molar-refractivity contribution in [3.05, 3.63) is 46.3 Å². The minimum Gasteiger partial charge on any atom is -0.382 e. The van der Waals surface area contributed by atoms with Gasteiger partial charge in [-0.2, -0.15) is 0 Å². The lowest BCUT2D eigenvalue weighted by Gasteiger charge is -2.42. The highest BCUT2D eigenvalue weighted by atomic mass is 32.1. The van der Waals surface area contributed by atoms with Gasteiger partial charge in [0, 0.05) is 30.1 Å². The molecule has 6 nitrogen and oxygen atoms in total. The van der Waals surface area contributed by atoms with Crippen LogP contribution in [-0.4, -0.2) is 32.6 Å². The summed E-state index contributed by atoms with van der Waals surface area (Å²) >= 11 is 1.62. The second-order valence-corrected chi connectivity index (χ2v) is 10.3. The third-order valence-electron chi connectivity index (χ3n) is 6.55. The van der Waals surface area contributed by atoms with Crippen LogP contribution in [0.3, 0.4) is 0 Å². The van der Waals surface area contributed by atoms with E-state index in [4.69, 9.17) is 10.7 Å². The molecule has 1 fully saturated rings. The summed E-state index contributed by atoms with van der Waals surface area (Å²) < 4.78 is 1.99. The smallest absolute Gasteiger partial charge is 0.144 e. The quantitative estimate of drug-likeness (QED) is 0.723. The van der Waals surface area contributed by atoms with E-state index in [2.05, 4.69) is 53.7 Å². The largest absolute Gasteiger partial charge is 0.382 e. The molecule has 7 heteroatoms. The molecule has 5 rings (SSSR count). The zero-order valence-corrected chi connectivity index (χ0v) is 18.1. The molecule has 0 radical (unpaired) electrons. The van der Waals surface area contributed by atoms with Crippen molar-refractivity contribution in [3.63, 3.8) is 0 Å². The number of pyridine rings is 1. The zero-order chi connectivity index (χ0) is 20.4. The number of nitrogens with two attached hydrogens (primary N) is 1. The van der Waals surface area contributed by atoms with Crippen molar-refractivity contribution < 1.29 is 0 Å². The van der Waals surface area contributed by atoms with Gasteiger partial charge in [-0.05, 0) is 43.9 Å². The number of fused-ring (bicyclic) bond motifs is 4. The third-order valence-corrected chi connectivity index (χ3v) is 7.65. The summed E-state index contributed by atoms with van der Waals surface area (Å²) in [7, 11) is 2.17. The van der Waals surface area contributed by atoms with E-state index in [9.17, 15) is 0 Å². The maximum absolute atomic E-state index is 6.18. The highest BCUT2D eigenvalue weighted by Gasteiger charge is 2.49. The molecule has 2 N–H and O–H groups in total. The van der Waals surface area contributed by atoms with Crippen molar-refractivity contribution in [2.45, 2.75) is 45.8 Å². The zero-order valence-electron chi connectivity index (χ0n) is 17.3. The first-order valence-electron chi connectivity index (χ1n) is 10.0. The molecule has 3 aromatic rings. The average Bonchev–Trinajstić information content (AvgIpc) is 3.20. The molecule has 2 atom stereocenters. The molecule has 1 saturated carbocycles. The number of hydrogen-bond acceptors (Lipinski definition) is 7. The van der Waals surface area contributed by atoms with E-state index in [1.807, 2.05) is 18.5 Å². The Labute approximate surface area is 174 Å². The normalized spacial score (nSPS) is 25.1. The number of nitrogen functional groups attached to an aromatic ring is 1. The van der Waals surface area contributed by atoms with E-state index in [-0.39, 0.29) is 11.1 Å². The first-order chi connectivity index (χ1) is 13.8. The van der Waals surface area contributed by atoms with Gasteiger partial charge < -0.3 is 5.73 Å². The molecule has 0 aromatic carbocycles. The van der Waals surface area contributed by atoms with E-state index in [1.54, 1.807) is 17.7 Å². The van der Waals surface area contributed by atoms with Crippen molar-refractivity contribution in [3.8, 4) is 0 Å². The Bertz CT molecular complexity index is 1220. The SMILES string of the molecule is CN(Cc1cccnc1)C1(C)N=c2sc3c(N)ncnc3c2=C2CC(C)(C)CC21. The van der Waals surface area contributed by atoms with E-state index in [0.29, 0.717) is 11.7 Å². The predicted octanol–water partition coefficient (Wildman–Crippen LogP) is 2.74. The lowest BCUT2D eigenvalue weighted by atomic mass is 9.83. The van der Waals surface area contributed by atoms with Gasteiger partial charge in [0.15, 0.2) is 0 Å². The van der Waals surface area contributed by atoms with Crippen molar-refractivity contribution in [1.29, 1.82) is 0 Å². The van der Waals surface area contributed by atoms with Gasteiger partial charge in [0.25, 0.3) is 0 Å². The summed E-state index contributed by atoms with van der Waals surface area (Å²) in [5.74, 6) is 0.894. The topological polar surface area (TPSA) is 80.3 Å². The number of hydrogen-bond donors (Lipinski definition) is 1. The fraction of sp³-hybridized carbons (Fsp3) is 0.455. The van der Waals surface area contributed by atoms with Crippen molar-refractivity contribution in [2.75, 3.05) is 12.8 Å². The fourth-order valence-corrected chi connectivity index (χ4v) is 6.18. The number of thiophene rings is 1. The minimum absolute atomic E-state index is 0.236. The summed E-state index contributed by atoms with van der Waals surface area (Å²) in [5.41, 5.74) is 9.73. The number of rotatable bonds is 3. The van der Waals surface area contributed by atoms with E-state index < -0.39 is 0 Å². The van der Waals surface area contributed by atoms with Gasteiger partial charge in [-0.1, -0.05) is 25.5 Å². The summed E-state index contributed by atoms with van der Waals surface area (Å²) in [5, 5.41) is 1.21. The standard InChI is InChI=1S/C22H26N6S/c1-21(2)8-14-15(9-21)22(3,28(4)11-13-6-5-7-24-10-13)27-20-16(14)17-18(29-20)19(23)26-12-25-17/h5-7,10,12,15H,8-9,11H2,1-4H3,(H2,23,25,26). The van der Waals surface area contributed by atoms with E-state index in [0.717, 1.165) is 34.3 Å². The lowest BCUT2D eigenvalue weighted by Crippen LogP contribution is -2.53. The van der Waals surface area contributed by atoms with Gasteiger partial charge in [-0.25, -0.2) is 9.97 Å². The number of anilines is 1. The molecule has 2 unspecified atom stereocenters. The lowest BCUT2D eigenvalue weighted by molar-refractivity contribution is 0.0829. The summed E-state index contributed by atoms with van der Waals surface area (Å²) in [6.07, 6.45) is 7.50. The minimum atomic E-state index is -0.324. The average molecular weight is 407 g/mol. The van der Waals surface area contributed by atoms with Crippen LogP contribution in [0.25, 0.3) is 15.8 Å². The van der Waals surface area contributed by atoms with E-state index in [1.165, 1.54) is 16.4 Å². The maximum Gasteiger partial charge on any atom is 0.144 e. The molecule has 2 aliphatic rings. The Kier molecular flexibility index (Phi) is 4.05. The van der Waals surface area contributed by atoms with Gasteiger partial charge in [0.05, 0.1) is 10.2 Å². The highest BCUT2D eigenvalue weighted by molar-refractivity contribution is 7.17. The van der Waals surface area contributed by atoms with Crippen LogP contribution in [-0.2, 0) is 6.54 Å². The summed E-state index contributed by atoms with van der Waals surface area (Å²) in [6, 6.07) is 4.12. The van der Waals surface area contributed by atoms with Crippen LogP contribution in [0.2, 0.25) is 0 Å². The van der Waals surface area contributed by atoms with Gasteiger partial charge in [0.1, 0.15) is 22.5 Å². The number of nitrogens with zero attached hydrogens (tertiary/aromatic N) is 5. The summed E-state index contributed by atoms with van der Waals surface area (Å²) in [4.78, 5) is 20.8. The van der Waals surface area contributed by atoms with Gasteiger partial charge in [-0.3, -0.25) is 14.9 Å². The second-order valence-electron chi connectivity index (χ2n) is 9.27. The third kappa shape index (κ3) is 2.87. The second kappa shape index (κ2) is 6.31. The molecular formula is C22H26N6S. The Morgan fingerprint density at radius 3 is 2.86 bits per heavy atom. The Morgan fingerprint density at radius 2 is 2.10 bits per heavy atom. The molecule has 0 saturated heterocycles. The first-order valence-corrected chi connectivity index (χ1v) is 10.8. The molecule has 0 amide bonds. The molecular weight excluding hydrogens is 380 g/mol. The maximum atomic E-state index is 6.18. The van der Waals surface area contributed by atoms with Crippen molar-refractivity contribution in [2.24, 2.45) is 16.3 Å². The molecule has 1 aliphatic heterocycles. The van der Waals surface area contributed by atoms with Gasteiger partial charge in [-0.15, -0.1) is 11.3 Å². The first kappa shape index (κ1) is 18.6. The predicted molar refractivity (Wildman–Crippen MR) is 117 cm³/mol. The van der Waals surface area contributed by atoms with Crippen molar-refractivity contribution >= 4 is 32.9 Å². The van der Waals surface area contributed by atoms with E-state index >= 15 is 0 Å². The Morgan fingerprint density at radius 1 is 1.28 bits per heavy atom. The molecule has 150 valence electrons. The monoisotopic (exact) mass is 406 g/mol. The van der Waals surface area contributed by atoms with Crippen LogP contribution in [0.1, 0.15) is 39.2 Å². The summed E-state index contributed by atoms with van der Waals surface area (Å²) in [6.45, 7) is 7.80. The Hall–Kier alpha value is -2.38. The van der Waals surface area contributed by atoms with Crippen LogP contribution in [0.4, 0.5) is 5.82 Å². The molecule has 1 aliphatic carbocycles.